The minimum atomic E-state index is -0.496. The number of nitrogens with zero attached hydrogens (tertiary/aromatic N) is 1. The number of benzene rings is 2. The highest BCUT2D eigenvalue weighted by molar-refractivity contribution is 9.10. The Morgan fingerprint density at radius 2 is 1.95 bits per heavy atom. The summed E-state index contributed by atoms with van der Waals surface area (Å²) in [5, 5.41) is 10.8. The third-order valence-corrected chi connectivity index (χ3v) is 3.00. The smallest absolute Gasteiger partial charge is 0.274 e. The summed E-state index contributed by atoms with van der Waals surface area (Å²) in [6.07, 6.45) is 0. The van der Waals surface area contributed by atoms with Crippen molar-refractivity contribution in [3.05, 3.63) is 62.6 Å². The summed E-state index contributed by atoms with van der Waals surface area (Å²) in [5.74, 6) is 0.701. The van der Waals surface area contributed by atoms with Crippen LogP contribution in [0.15, 0.2) is 46.9 Å². The molecular weight excluding hydrogens is 326 g/mol. The summed E-state index contributed by atoms with van der Waals surface area (Å²) in [7, 11) is 0. The van der Waals surface area contributed by atoms with Crippen molar-refractivity contribution < 1.29 is 14.5 Å². The Kier molecular flexibility index (Phi) is 4.14. The largest absolute Gasteiger partial charge is 0.457 e. The monoisotopic (exact) mass is 335 g/mol. The van der Waals surface area contributed by atoms with Crippen LogP contribution in [-0.4, -0.2) is 10.7 Å². The average Bonchev–Trinajstić information content (AvgIpc) is 2.38. The first-order valence-corrected chi connectivity index (χ1v) is 6.49. The number of nitro benzene ring substituents is 1. The highest BCUT2D eigenvalue weighted by Gasteiger charge is 2.10. The molecule has 0 unspecified atom stereocenters. The van der Waals surface area contributed by atoms with Crippen LogP contribution in [0.5, 0.6) is 11.5 Å². The Labute approximate surface area is 123 Å². The molecule has 2 aromatic carbocycles. The molecule has 6 heteroatoms. The lowest BCUT2D eigenvalue weighted by molar-refractivity contribution is -0.385. The van der Waals surface area contributed by atoms with Crippen molar-refractivity contribution in [2.45, 2.75) is 6.92 Å². The molecule has 0 fully saturated rings. The van der Waals surface area contributed by atoms with E-state index in [1.807, 2.05) is 0 Å². The summed E-state index contributed by atoms with van der Waals surface area (Å²) in [6.45, 7) is 1.46. The fraction of sp³-hybridized carbons (Fsp3) is 0.0714. The molecule has 0 saturated heterocycles. The van der Waals surface area contributed by atoms with E-state index < -0.39 is 4.92 Å². The van der Waals surface area contributed by atoms with Crippen molar-refractivity contribution in [1.29, 1.82) is 0 Å². The van der Waals surface area contributed by atoms with Gasteiger partial charge in [0, 0.05) is 16.1 Å². The SMILES string of the molecule is CC(=O)c1cccc(Oc2cc(Br)cc([N+](=O)[O-])c2)c1. The van der Waals surface area contributed by atoms with Crippen molar-refractivity contribution in [3.8, 4) is 11.5 Å². The molecule has 0 aliphatic carbocycles. The van der Waals surface area contributed by atoms with Crippen molar-refractivity contribution >= 4 is 27.4 Å². The highest BCUT2D eigenvalue weighted by atomic mass is 79.9. The van der Waals surface area contributed by atoms with E-state index in [1.54, 1.807) is 30.3 Å². The van der Waals surface area contributed by atoms with Crippen molar-refractivity contribution in [2.75, 3.05) is 0 Å². The predicted octanol–water partition coefficient (Wildman–Crippen LogP) is 4.35. The number of hydrogen-bond donors (Lipinski definition) is 0. The van der Waals surface area contributed by atoms with Crippen molar-refractivity contribution in [1.82, 2.24) is 0 Å². The molecule has 20 heavy (non-hydrogen) atoms. The molecule has 0 atom stereocenters. The first kappa shape index (κ1) is 14.2. The topological polar surface area (TPSA) is 69.4 Å². The Morgan fingerprint density at radius 1 is 1.20 bits per heavy atom. The maximum absolute atomic E-state index is 11.3. The fourth-order valence-corrected chi connectivity index (χ4v) is 2.09. The van der Waals surface area contributed by atoms with Gasteiger partial charge in [0.15, 0.2) is 5.78 Å². The van der Waals surface area contributed by atoms with Gasteiger partial charge in [-0.15, -0.1) is 0 Å². The van der Waals surface area contributed by atoms with E-state index in [4.69, 9.17) is 4.74 Å². The molecule has 2 rings (SSSR count). The van der Waals surface area contributed by atoms with Gasteiger partial charge >= 0.3 is 0 Å². The standard InChI is InChI=1S/C14H10BrNO4/c1-9(17)10-3-2-4-13(5-10)20-14-7-11(15)6-12(8-14)16(18)19/h2-8H,1H3. The summed E-state index contributed by atoms with van der Waals surface area (Å²) in [5.41, 5.74) is 0.448. The molecule has 2 aromatic rings. The second-order valence-electron chi connectivity index (χ2n) is 4.09. The Bertz CT molecular complexity index is 685. The number of non-ortho nitro benzene ring substituents is 1. The van der Waals surface area contributed by atoms with Gasteiger partial charge in [0.1, 0.15) is 11.5 Å². The molecule has 0 bridgehead atoms. The second kappa shape index (κ2) is 5.83. The number of carbonyl (C=O) groups is 1. The lowest BCUT2D eigenvalue weighted by atomic mass is 10.1. The zero-order valence-corrected chi connectivity index (χ0v) is 12.1. The molecule has 0 amide bonds. The molecule has 0 aliphatic heterocycles. The fourth-order valence-electron chi connectivity index (χ4n) is 1.63. The predicted molar refractivity (Wildman–Crippen MR) is 77.3 cm³/mol. The van der Waals surface area contributed by atoms with Crippen molar-refractivity contribution in [2.24, 2.45) is 0 Å². The Morgan fingerprint density at radius 3 is 2.60 bits per heavy atom. The minimum absolute atomic E-state index is 0.0721. The van der Waals surface area contributed by atoms with E-state index in [-0.39, 0.29) is 11.5 Å². The van der Waals surface area contributed by atoms with Gasteiger partial charge in [-0.05, 0) is 25.1 Å². The summed E-state index contributed by atoms with van der Waals surface area (Å²) in [4.78, 5) is 21.6. The third kappa shape index (κ3) is 3.42. The molecule has 5 nitrogen and oxygen atoms in total. The number of Topliss-reactive ketones (excluding diaryl/α,β-unsaturated/α-hetero) is 1. The normalized spacial score (nSPS) is 10.1. The van der Waals surface area contributed by atoms with Crippen LogP contribution < -0.4 is 4.74 Å². The molecule has 0 spiro atoms. The molecule has 0 radical (unpaired) electrons. The Balaban J connectivity index is 2.32. The van der Waals surface area contributed by atoms with Gasteiger partial charge in [-0.25, -0.2) is 0 Å². The average molecular weight is 336 g/mol. The third-order valence-electron chi connectivity index (χ3n) is 2.54. The molecule has 102 valence electrons. The Hall–Kier alpha value is -2.21. The van der Waals surface area contributed by atoms with Gasteiger partial charge in [0.05, 0.1) is 11.0 Å². The number of carbonyl (C=O) groups excluding carboxylic acids is 1. The van der Waals surface area contributed by atoms with Crippen LogP contribution in [-0.2, 0) is 0 Å². The summed E-state index contributed by atoms with van der Waals surface area (Å²) < 4.78 is 6.10. The van der Waals surface area contributed by atoms with E-state index >= 15 is 0 Å². The minimum Gasteiger partial charge on any atom is -0.457 e. The van der Waals surface area contributed by atoms with Crippen LogP contribution in [0.1, 0.15) is 17.3 Å². The zero-order chi connectivity index (χ0) is 14.7. The molecule has 0 aromatic heterocycles. The molecule has 0 saturated carbocycles. The zero-order valence-electron chi connectivity index (χ0n) is 10.5. The van der Waals surface area contributed by atoms with E-state index in [9.17, 15) is 14.9 Å². The van der Waals surface area contributed by atoms with Crippen LogP contribution in [0.4, 0.5) is 5.69 Å². The quantitative estimate of drug-likeness (QED) is 0.473. The maximum Gasteiger partial charge on any atom is 0.274 e. The summed E-state index contributed by atoms with van der Waals surface area (Å²) >= 11 is 3.19. The van der Waals surface area contributed by atoms with Gasteiger partial charge < -0.3 is 4.74 Å². The van der Waals surface area contributed by atoms with Gasteiger partial charge in [0.2, 0.25) is 0 Å². The molecule has 0 N–H and O–H groups in total. The number of hydrogen-bond acceptors (Lipinski definition) is 4. The van der Waals surface area contributed by atoms with Gasteiger partial charge in [-0.1, -0.05) is 28.1 Å². The molecule has 0 aliphatic rings. The van der Waals surface area contributed by atoms with Crippen LogP contribution in [0.3, 0.4) is 0 Å². The molecule has 0 heterocycles. The van der Waals surface area contributed by atoms with Crippen LogP contribution in [0.25, 0.3) is 0 Å². The van der Waals surface area contributed by atoms with Crippen LogP contribution in [0.2, 0.25) is 0 Å². The van der Waals surface area contributed by atoms with Gasteiger partial charge in [-0.2, -0.15) is 0 Å². The lowest BCUT2D eigenvalue weighted by Gasteiger charge is -2.07. The van der Waals surface area contributed by atoms with E-state index in [0.29, 0.717) is 21.5 Å². The first-order chi connectivity index (χ1) is 9.45. The lowest BCUT2D eigenvalue weighted by Crippen LogP contribution is -1.93. The highest BCUT2D eigenvalue weighted by Crippen LogP contribution is 2.30. The maximum atomic E-state index is 11.3. The number of ether oxygens (including phenoxy) is 1. The first-order valence-electron chi connectivity index (χ1n) is 5.69. The van der Waals surface area contributed by atoms with E-state index in [2.05, 4.69) is 15.9 Å². The number of halogens is 1. The number of nitro groups is 1. The number of ketones is 1. The van der Waals surface area contributed by atoms with Crippen molar-refractivity contribution in [3.63, 3.8) is 0 Å². The van der Waals surface area contributed by atoms with E-state index in [0.717, 1.165) is 0 Å². The summed E-state index contributed by atoms with van der Waals surface area (Å²) in [6, 6.07) is 11.0. The number of rotatable bonds is 4. The van der Waals surface area contributed by atoms with Crippen LogP contribution >= 0.6 is 15.9 Å². The molecular formula is C14H10BrNO4. The van der Waals surface area contributed by atoms with Gasteiger partial charge in [0.25, 0.3) is 5.69 Å². The second-order valence-corrected chi connectivity index (χ2v) is 5.00. The van der Waals surface area contributed by atoms with E-state index in [1.165, 1.54) is 19.1 Å². The van der Waals surface area contributed by atoms with Gasteiger partial charge in [-0.3, -0.25) is 14.9 Å². The van der Waals surface area contributed by atoms with Crippen LogP contribution in [0, 0.1) is 10.1 Å².